The van der Waals surface area contributed by atoms with Crippen LogP contribution in [-0.2, 0) is 0 Å². The minimum absolute atomic E-state index is 0.551. The smallest absolute Gasteiger partial charge is 0.227 e. The van der Waals surface area contributed by atoms with Gasteiger partial charge in [0.25, 0.3) is 0 Å². The second-order valence-electron chi connectivity index (χ2n) is 5.81. The lowest BCUT2D eigenvalue weighted by molar-refractivity contribution is 1.11. The van der Waals surface area contributed by atoms with Crippen molar-refractivity contribution < 1.29 is 0 Å². The Balaban J connectivity index is 1.65. The normalized spacial score (nSPS) is 13.5. The zero-order valence-electron chi connectivity index (χ0n) is 14.1. The van der Waals surface area contributed by atoms with Crippen LogP contribution >= 0.6 is 0 Å². The number of hydrogen-bond donors (Lipinski definition) is 2. The number of dihydropyridines is 1. The van der Waals surface area contributed by atoms with Crippen LogP contribution in [0.4, 0.5) is 11.6 Å². The van der Waals surface area contributed by atoms with Crippen molar-refractivity contribution in [2.75, 3.05) is 5.32 Å². The van der Waals surface area contributed by atoms with Gasteiger partial charge >= 0.3 is 0 Å². The van der Waals surface area contributed by atoms with E-state index in [9.17, 15) is 0 Å². The first kappa shape index (κ1) is 15.8. The monoisotopic (exact) mass is 339 g/mol. The van der Waals surface area contributed by atoms with Crippen LogP contribution in [0.2, 0.25) is 0 Å². The van der Waals surface area contributed by atoms with E-state index in [1.807, 2.05) is 66.9 Å². The summed E-state index contributed by atoms with van der Waals surface area (Å²) < 4.78 is 0. The summed E-state index contributed by atoms with van der Waals surface area (Å²) in [5, 5.41) is 6.50. The molecule has 126 valence electrons. The second kappa shape index (κ2) is 7.03. The number of nitrogens with zero attached hydrogens (tertiary/aromatic N) is 3. The first-order valence-electron chi connectivity index (χ1n) is 8.23. The highest BCUT2D eigenvalue weighted by Crippen LogP contribution is 2.26. The molecule has 0 atom stereocenters. The van der Waals surface area contributed by atoms with E-state index in [2.05, 4.69) is 32.2 Å². The van der Waals surface area contributed by atoms with Crippen molar-refractivity contribution in [3.8, 4) is 0 Å². The predicted molar refractivity (Wildman–Crippen MR) is 104 cm³/mol. The molecule has 5 heteroatoms. The molecule has 0 bridgehead atoms. The third-order valence-corrected chi connectivity index (χ3v) is 3.88. The summed E-state index contributed by atoms with van der Waals surface area (Å²) in [5.74, 6) is 0.551. The fourth-order valence-corrected chi connectivity index (χ4v) is 2.69. The molecular formula is C21H17N5. The number of benzene rings is 1. The van der Waals surface area contributed by atoms with E-state index < -0.39 is 0 Å². The third kappa shape index (κ3) is 3.52. The fraction of sp³-hybridized carbons (Fsp3) is 0. The number of allylic oxidation sites excluding steroid dienone is 3. The largest absolute Gasteiger partial charge is 0.355 e. The molecule has 2 aromatic heterocycles. The number of hydrogen-bond acceptors (Lipinski definition) is 5. The van der Waals surface area contributed by atoms with Crippen LogP contribution in [0.3, 0.4) is 0 Å². The molecule has 0 amide bonds. The van der Waals surface area contributed by atoms with Crippen molar-refractivity contribution in [3.63, 3.8) is 0 Å². The van der Waals surface area contributed by atoms with Crippen LogP contribution in [0.25, 0.3) is 11.3 Å². The number of nitrogens with one attached hydrogen (secondary N) is 2. The number of anilines is 2. The topological polar surface area (TPSA) is 62.7 Å². The molecule has 0 saturated carbocycles. The number of para-hydroxylation sites is 1. The number of pyridine rings is 1. The van der Waals surface area contributed by atoms with Crippen LogP contribution in [-0.4, -0.2) is 15.0 Å². The highest BCUT2D eigenvalue weighted by molar-refractivity contribution is 5.86. The van der Waals surface area contributed by atoms with Crippen molar-refractivity contribution in [1.29, 1.82) is 0 Å². The Bertz CT molecular complexity index is 991. The Morgan fingerprint density at radius 2 is 1.81 bits per heavy atom. The molecular weight excluding hydrogens is 322 g/mol. The Morgan fingerprint density at radius 1 is 0.923 bits per heavy atom. The van der Waals surface area contributed by atoms with Gasteiger partial charge in [-0.3, -0.25) is 4.98 Å². The minimum Gasteiger partial charge on any atom is -0.355 e. The highest BCUT2D eigenvalue weighted by atomic mass is 15.1. The van der Waals surface area contributed by atoms with E-state index in [1.165, 1.54) is 0 Å². The van der Waals surface area contributed by atoms with Crippen LogP contribution in [0, 0.1) is 0 Å². The van der Waals surface area contributed by atoms with Crippen LogP contribution in [0.5, 0.6) is 0 Å². The summed E-state index contributed by atoms with van der Waals surface area (Å²) in [4.78, 5) is 13.1. The number of rotatable bonds is 4. The Morgan fingerprint density at radius 3 is 2.62 bits per heavy atom. The van der Waals surface area contributed by atoms with Crippen LogP contribution in [0.1, 0.15) is 11.3 Å². The van der Waals surface area contributed by atoms with E-state index in [1.54, 1.807) is 12.4 Å². The van der Waals surface area contributed by atoms with E-state index in [0.717, 1.165) is 33.9 Å². The van der Waals surface area contributed by atoms with Gasteiger partial charge in [-0.05, 0) is 42.5 Å². The molecule has 0 aliphatic carbocycles. The summed E-state index contributed by atoms with van der Waals surface area (Å²) in [7, 11) is 0. The Kier molecular flexibility index (Phi) is 4.26. The molecule has 1 aromatic carbocycles. The maximum Gasteiger partial charge on any atom is 0.227 e. The molecule has 1 aliphatic heterocycles. The average Bonchev–Trinajstić information content (AvgIpc) is 2.69. The molecule has 0 radical (unpaired) electrons. The van der Waals surface area contributed by atoms with Crippen molar-refractivity contribution in [1.82, 2.24) is 20.3 Å². The van der Waals surface area contributed by atoms with E-state index in [-0.39, 0.29) is 0 Å². The SMILES string of the molecule is C=C1C=C(c2ccnc(Nc3ccccc3)n2)C=C(c2cccnc2)N1. The van der Waals surface area contributed by atoms with Crippen LogP contribution in [0.15, 0.2) is 91.5 Å². The van der Waals surface area contributed by atoms with Gasteiger partial charge in [0.15, 0.2) is 0 Å². The lowest BCUT2D eigenvalue weighted by Gasteiger charge is -2.18. The van der Waals surface area contributed by atoms with E-state index in [4.69, 9.17) is 0 Å². The van der Waals surface area contributed by atoms with Gasteiger partial charge in [-0.1, -0.05) is 24.8 Å². The zero-order chi connectivity index (χ0) is 17.8. The first-order chi connectivity index (χ1) is 12.8. The fourth-order valence-electron chi connectivity index (χ4n) is 2.69. The quantitative estimate of drug-likeness (QED) is 0.747. The summed E-state index contributed by atoms with van der Waals surface area (Å²) in [6.45, 7) is 4.05. The van der Waals surface area contributed by atoms with Crippen molar-refractivity contribution >= 4 is 22.9 Å². The maximum absolute atomic E-state index is 4.63. The van der Waals surface area contributed by atoms with Gasteiger partial charge in [-0.15, -0.1) is 0 Å². The van der Waals surface area contributed by atoms with Crippen molar-refractivity contribution in [2.45, 2.75) is 0 Å². The predicted octanol–water partition coefficient (Wildman–Crippen LogP) is 4.16. The first-order valence-corrected chi connectivity index (χ1v) is 8.23. The lowest BCUT2D eigenvalue weighted by atomic mass is 10.0. The van der Waals surface area contributed by atoms with Crippen LogP contribution < -0.4 is 10.6 Å². The van der Waals surface area contributed by atoms with Gasteiger partial charge < -0.3 is 10.6 Å². The molecule has 3 heterocycles. The maximum atomic E-state index is 4.63. The van der Waals surface area contributed by atoms with Gasteiger partial charge in [0.1, 0.15) is 0 Å². The molecule has 3 aromatic rings. The van der Waals surface area contributed by atoms with Gasteiger partial charge in [-0.25, -0.2) is 9.97 Å². The average molecular weight is 339 g/mol. The summed E-state index contributed by atoms with van der Waals surface area (Å²) in [5.41, 5.74) is 5.47. The molecule has 0 spiro atoms. The third-order valence-electron chi connectivity index (χ3n) is 3.88. The molecule has 1 aliphatic rings. The summed E-state index contributed by atoms with van der Waals surface area (Å²) in [6, 6.07) is 15.7. The van der Waals surface area contributed by atoms with Crippen molar-refractivity contribution in [3.05, 3.63) is 103 Å². The van der Waals surface area contributed by atoms with E-state index in [0.29, 0.717) is 5.95 Å². The molecule has 5 nitrogen and oxygen atoms in total. The standard InChI is InChI=1S/C21H17N5/c1-15-12-17(13-20(24-15)16-6-5-10-22-14-16)19-9-11-23-21(26-19)25-18-7-3-2-4-8-18/h2-14,24H,1H2,(H,23,25,26). The van der Waals surface area contributed by atoms with Crippen molar-refractivity contribution in [2.24, 2.45) is 0 Å². The molecule has 4 rings (SSSR count). The van der Waals surface area contributed by atoms with Gasteiger partial charge in [-0.2, -0.15) is 0 Å². The molecule has 0 saturated heterocycles. The molecule has 0 unspecified atom stereocenters. The summed E-state index contributed by atoms with van der Waals surface area (Å²) >= 11 is 0. The minimum atomic E-state index is 0.551. The van der Waals surface area contributed by atoms with Gasteiger partial charge in [0, 0.05) is 46.8 Å². The van der Waals surface area contributed by atoms with Gasteiger partial charge in [0.05, 0.1) is 5.69 Å². The van der Waals surface area contributed by atoms with Gasteiger partial charge in [0.2, 0.25) is 5.95 Å². The second-order valence-corrected chi connectivity index (χ2v) is 5.81. The zero-order valence-corrected chi connectivity index (χ0v) is 14.1. The summed E-state index contributed by atoms with van der Waals surface area (Å²) in [6.07, 6.45) is 9.33. The highest BCUT2D eigenvalue weighted by Gasteiger charge is 2.12. The molecule has 26 heavy (non-hydrogen) atoms. The molecule has 2 N–H and O–H groups in total. The molecule has 0 fully saturated rings. The Labute approximate surface area is 151 Å². The Hall–Kier alpha value is -3.73. The number of aromatic nitrogens is 3. The van der Waals surface area contributed by atoms with E-state index >= 15 is 0 Å². The lowest BCUT2D eigenvalue weighted by Crippen LogP contribution is -2.14.